The first kappa shape index (κ1) is 77.0. The zero-order chi connectivity index (χ0) is 57.9. The quantitative estimate of drug-likeness (QED) is 0.0212. The van der Waals surface area contributed by atoms with Gasteiger partial charge in [0.2, 0.25) is 5.91 Å². The number of carbonyl (C=O) groups is 2. The van der Waals surface area contributed by atoms with E-state index in [1.165, 1.54) is 225 Å². The third-order valence-electron chi connectivity index (χ3n) is 15.3. The Morgan fingerprint density at radius 2 is 0.772 bits per heavy atom. The lowest BCUT2D eigenvalue weighted by Gasteiger charge is -2.30. The third kappa shape index (κ3) is 60.4. The van der Waals surface area contributed by atoms with Crippen LogP contribution in [-0.2, 0) is 27.9 Å². The molecule has 0 spiro atoms. The molecule has 0 heterocycles. The number of carbonyl (C=O) groups excluding carboxylic acids is 2. The monoisotopic (exact) mass is 1130 g/mol. The molecule has 79 heavy (non-hydrogen) atoms. The lowest BCUT2D eigenvalue weighted by Crippen LogP contribution is -2.47. The van der Waals surface area contributed by atoms with Gasteiger partial charge >= 0.3 is 5.97 Å². The topological polar surface area (TPSA) is 114 Å². The number of likely N-dealkylation sites (N-methyl/N-ethyl adjacent to an activating group) is 1. The van der Waals surface area contributed by atoms with Crippen LogP contribution < -0.4 is 10.2 Å². The fourth-order valence-electron chi connectivity index (χ4n) is 10.0. The molecule has 9 nitrogen and oxygen atoms in total. The van der Waals surface area contributed by atoms with Crippen molar-refractivity contribution in [1.82, 2.24) is 5.32 Å². The van der Waals surface area contributed by atoms with Crippen molar-refractivity contribution >= 4 is 19.7 Å². The zero-order valence-electron chi connectivity index (χ0n) is 53.1. The molecule has 0 aromatic heterocycles. The van der Waals surface area contributed by atoms with Crippen molar-refractivity contribution in [2.24, 2.45) is 0 Å². The zero-order valence-corrected chi connectivity index (χ0v) is 54.0. The molecule has 0 aliphatic rings. The summed E-state index contributed by atoms with van der Waals surface area (Å²) in [6, 6.07) is -0.888. The summed E-state index contributed by atoms with van der Waals surface area (Å²) in [7, 11) is 1.19. The maximum atomic E-state index is 13.6. The summed E-state index contributed by atoms with van der Waals surface area (Å²) < 4.78 is 30.4. The van der Waals surface area contributed by atoms with Crippen molar-refractivity contribution in [2.75, 3.05) is 40.9 Å². The molecule has 3 unspecified atom stereocenters. The number of phosphoric ester groups is 1. The van der Waals surface area contributed by atoms with Crippen LogP contribution in [-0.4, -0.2) is 69.4 Å². The van der Waals surface area contributed by atoms with Crippen LogP contribution in [0.4, 0.5) is 0 Å². The molecule has 0 radical (unpaired) electrons. The van der Waals surface area contributed by atoms with E-state index in [0.29, 0.717) is 17.4 Å². The Hall–Kier alpha value is -2.03. The molecule has 0 saturated carbocycles. The SMILES string of the molecule is CCCCC/C=C\C/C=C\C/C=C\CCCCCCCCCCCCC(=O)OC(/C=C/CCCCCCCCCCCCC)C(COP(=O)([O-])OCC[N+](C)(C)C)NC(=O)CCCCCCCCCCCCCCCCCCC. The van der Waals surface area contributed by atoms with Crippen molar-refractivity contribution < 1.29 is 37.3 Å². The largest absolute Gasteiger partial charge is 0.756 e. The predicted molar refractivity (Wildman–Crippen MR) is 339 cm³/mol. The number of hydrogen-bond acceptors (Lipinski definition) is 7. The van der Waals surface area contributed by atoms with Gasteiger partial charge in [-0.2, -0.15) is 0 Å². The lowest BCUT2D eigenvalue weighted by atomic mass is 10.0. The Labute approximate surface area is 490 Å². The maximum Gasteiger partial charge on any atom is 0.306 e. The number of nitrogens with one attached hydrogen (secondary N) is 1. The van der Waals surface area contributed by atoms with E-state index in [1.807, 2.05) is 33.3 Å². The third-order valence-corrected chi connectivity index (χ3v) is 16.2. The molecular weight excluding hydrogens is 1000 g/mol. The van der Waals surface area contributed by atoms with Gasteiger partial charge in [-0.1, -0.05) is 294 Å². The molecule has 0 saturated heterocycles. The summed E-state index contributed by atoms with van der Waals surface area (Å²) >= 11 is 0. The van der Waals surface area contributed by atoms with E-state index in [1.54, 1.807) is 0 Å². The van der Waals surface area contributed by atoms with Crippen molar-refractivity contribution in [2.45, 2.75) is 341 Å². The summed E-state index contributed by atoms with van der Waals surface area (Å²) in [5.74, 6) is -0.530. The molecule has 1 amide bonds. The highest BCUT2D eigenvalue weighted by molar-refractivity contribution is 7.45. The predicted octanol–water partition coefficient (Wildman–Crippen LogP) is 20.6. The van der Waals surface area contributed by atoms with Gasteiger partial charge in [-0.15, -0.1) is 0 Å². The molecule has 0 aromatic carbocycles. The fraction of sp³-hybridized carbons (Fsp3) is 0.855. The molecule has 0 aliphatic carbocycles. The number of quaternary nitrogens is 1. The number of nitrogens with zero attached hydrogens (tertiary/aromatic N) is 1. The second-order valence-corrected chi connectivity index (χ2v) is 25.7. The number of phosphoric acid groups is 1. The second kappa shape index (κ2) is 59.1. The van der Waals surface area contributed by atoms with Gasteiger partial charge in [-0.25, -0.2) is 0 Å². The molecule has 10 heteroatoms. The van der Waals surface area contributed by atoms with Crippen LogP contribution in [0.3, 0.4) is 0 Å². The highest BCUT2D eigenvalue weighted by Crippen LogP contribution is 2.38. The summed E-state index contributed by atoms with van der Waals surface area (Å²) in [6.07, 6.45) is 73.6. The molecular formula is C69H131N2O7P. The molecule has 0 fully saturated rings. The molecule has 3 atom stereocenters. The minimum atomic E-state index is -4.70. The number of allylic oxidation sites excluding steroid dienone is 7. The minimum absolute atomic E-state index is 0.0212. The van der Waals surface area contributed by atoms with Crippen LogP contribution in [0.1, 0.15) is 329 Å². The van der Waals surface area contributed by atoms with Crippen LogP contribution in [0.25, 0.3) is 0 Å². The van der Waals surface area contributed by atoms with Crippen LogP contribution in [0, 0.1) is 0 Å². The maximum absolute atomic E-state index is 13.6. The molecule has 0 bridgehead atoms. The second-order valence-electron chi connectivity index (χ2n) is 24.3. The average molecular weight is 1130 g/mol. The molecule has 1 N–H and O–H groups in total. The van der Waals surface area contributed by atoms with E-state index >= 15 is 0 Å². The van der Waals surface area contributed by atoms with Gasteiger partial charge in [-0.3, -0.25) is 14.2 Å². The molecule has 464 valence electrons. The highest BCUT2D eigenvalue weighted by Gasteiger charge is 2.27. The van der Waals surface area contributed by atoms with Gasteiger partial charge in [0.15, 0.2) is 0 Å². The summed E-state index contributed by atoms with van der Waals surface area (Å²) in [5, 5.41) is 3.04. The number of hydrogen-bond donors (Lipinski definition) is 1. The van der Waals surface area contributed by atoms with Crippen LogP contribution in [0.5, 0.6) is 0 Å². The van der Waals surface area contributed by atoms with Gasteiger partial charge < -0.3 is 28.5 Å². The van der Waals surface area contributed by atoms with Crippen molar-refractivity contribution in [1.29, 1.82) is 0 Å². The highest BCUT2D eigenvalue weighted by atomic mass is 31.2. The summed E-state index contributed by atoms with van der Waals surface area (Å²) in [6.45, 7) is 6.86. The van der Waals surface area contributed by atoms with Gasteiger partial charge in [0, 0.05) is 12.8 Å². The molecule has 0 aromatic rings. The van der Waals surface area contributed by atoms with E-state index in [2.05, 4.69) is 62.5 Å². The Kier molecular flexibility index (Phi) is 57.6. The van der Waals surface area contributed by atoms with Crippen molar-refractivity contribution in [3.05, 3.63) is 48.6 Å². The van der Waals surface area contributed by atoms with Gasteiger partial charge in [0.1, 0.15) is 19.3 Å². The number of ether oxygens (including phenoxy) is 1. The summed E-state index contributed by atoms with van der Waals surface area (Å²) in [4.78, 5) is 40.1. The molecule has 0 aliphatic heterocycles. The normalized spacial score (nSPS) is 13.9. The lowest BCUT2D eigenvalue weighted by molar-refractivity contribution is -0.870. The first-order valence-electron chi connectivity index (χ1n) is 33.9. The van der Waals surface area contributed by atoms with Crippen molar-refractivity contribution in [3.63, 3.8) is 0 Å². The number of rotatable bonds is 62. The van der Waals surface area contributed by atoms with E-state index in [9.17, 15) is 19.0 Å². The van der Waals surface area contributed by atoms with Gasteiger partial charge in [0.25, 0.3) is 7.82 Å². The first-order valence-corrected chi connectivity index (χ1v) is 35.4. The van der Waals surface area contributed by atoms with E-state index in [0.717, 1.165) is 70.6 Å². The average Bonchev–Trinajstić information content (AvgIpc) is 3.41. The van der Waals surface area contributed by atoms with E-state index in [-0.39, 0.29) is 31.5 Å². The number of unbranched alkanes of at least 4 members (excludes halogenated alkanes) is 40. The number of amides is 1. The summed E-state index contributed by atoms with van der Waals surface area (Å²) in [5.41, 5.74) is 0. The van der Waals surface area contributed by atoms with Gasteiger partial charge in [-0.05, 0) is 70.3 Å². The smallest absolute Gasteiger partial charge is 0.306 e. The van der Waals surface area contributed by atoms with Gasteiger partial charge in [0.05, 0.1) is 33.8 Å². The van der Waals surface area contributed by atoms with E-state index < -0.39 is 20.0 Å². The minimum Gasteiger partial charge on any atom is -0.756 e. The Balaban J connectivity index is 5.16. The first-order chi connectivity index (χ1) is 38.4. The van der Waals surface area contributed by atoms with Crippen LogP contribution in [0.2, 0.25) is 0 Å². The standard InChI is InChI=1S/C69H131N2O7P/c1-7-10-13-16-19-22-25-28-30-32-33-34-35-36-37-39-41-44-47-50-53-56-59-62-69(73)78-67(60-57-54-51-48-45-42-27-24-21-18-15-12-9-3)66(65-77-79(74,75)76-64-63-71(4,5)6)70-68(72)61-58-55-52-49-46-43-40-38-31-29-26-23-20-17-14-11-8-2/h19,22,28,30,33-34,57,60,66-67H,7-18,20-21,23-27,29,31-32,35-56,58-59,61-65H2,1-6H3,(H-,70,72,74,75)/b22-19-,30-28-,34-33-,60-57+. The van der Waals surface area contributed by atoms with Crippen LogP contribution >= 0.6 is 7.82 Å². The Bertz CT molecular complexity index is 1490. The van der Waals surface area contributed by atoms with Crippen molar-refractivity contribution in [3.8, 4) is 0 Å². The Morgan fingerprint density at radius 1 is 0.443 bits per heavy atom. The number of esters is 1. The van der Waals surface area contributed by atoms with E-state index in [4.69, 9.17) is 13.8 Å². The Morgan fingerprint density at radius 3 is 1.18 bits per heavy atom. The molecule has 0 rings (SSSR count). The fourth-order valence-corrected chi connectivity index (χ4v) is 10.7. The van der Waals surface area contributed by atoms with Crippen LogP contribution in [0.15, 0.2) is 48.6 Å².